The Morgan fingerprint density at radius 1 is 1.38 bits per heavy atom. The predicted molar refractivity (Wildman–Crippen MR) is 55.9 cm³/mol. The Morgan fingerprint density at radius 2 is 2.12 bits per heavy atom. The molecule has 0 N–H and O–H groups in total. The molecule has 5 nitrogen and oxygen atoms in total. The summed E-state index contributed by atoms with van der Waals surface area (Å²) in [6.45, 7) is -0.246. The molecule has 0 fully saturated rings. The van der Waals surface area contributed by atoms with E-state index in [9.17, 15) is 9.59 Å². The lowest BCUT2D eigenvalue weighted by Crippen LogP contribution is -2.13. The van der Waals surface area contributed by atoms with E-state index < -0.39 is 5.97 Å². The second-order valence-electron chi connectivity index (χ2n) is 2.89. The molecule has 0 amide bonds. The first-order chi connectivity index (χ1) is 7.71. The Balaban J connectivity index is 2.82. The predicted octanol–water partition coefficient (Wildman–Crippen LogP) is 1.06. The maximum Gasteiger partial charge on any atom is 0.343 e. The van der Waals surface area contributed by atoms with Crippen LogP contribution in [0.3, 0.4) is 0 Å². The average molecular weight is 224 g/mol. The smallest absolute Gasteiger partial charge is 0.343 e. The number of hydrogen-bond acceptors (Lipinski definition) is 5. The van der Waals surface area contributed by atoms with Crippen LogP contribution in [0, 0.1) is 0 Å². The molecule has 16 heavy (non-hydrogen) atoms. The zero-order valence-corrected chi connectivity index (χ0v) is 9.06. The van der Waals surface area contributed by atoms with Crippen LogP contribution >= 0.6 is 0 Å². The Labute approximate surface area is 92.9 Å². The third-order valence-electron chi connectivity index (χ3n) is 1.92. The molecule has 0 aliphatic heterocycles. The molecular weight excluding hydrogens is 212 g/mol. The quantitative estimate of drug-likeness (QED) is 0.552. The largest absolute Gasteiger partial charge is 0.497 e. The molecule has 0 bridgehead atoms. The van der Waals surface area contributed by atoms with Gasteiger partial charge in [0.1, 0.15) is 11.5 Å². The van der Waals surface area contributed by atoms with Crippen LogP contribution in [0.2, 0.25) is 0 Å². The molecule has 0 saturated heterocycles. The van der Waals surface area contributed by atoms with Gasteiger partial charge in [-0.15, -0.1) is 0 Å². The van der Waals surface area contributed by atoms with E-state index >= 15 is 0 Å². The molecule has 0 unspecified atom stereocenters. The van der Waals surface area contributed by atoms with Gasteiger partial charge in [-0.25, -0.2) is 4.79 Å². The maximum atomic E-state index is 10.9. The molecule has 1 aromatic carbocycles. The maximum absolute atomic E-state index is 10.9. The van der Waals surface area contributed by atoms with Crippen molar-refractivity contribution in [2.24, 2.45) is 0 Å². The van der Waals surface area contributed by atoms with Gasteiger partial charge in [0.15, 0.2) is 12.9 Å². The van der Waals surface area contributed by atoms with Gasteiger partial charge >= 0.3 is 5.97 Å². The van der Waals surface area contributed by atoms with Gasteiger partial charge in [-0.05, 0) is 12.1 Å². The van der Waals surface area contributed by atoms with Crippen molar-refractivity contribution < 1.29 is 23.8 Å². The normalized spacial score (nSPS) is 9.38. The van der Waals surface area contributed by atoms with Crippen molar-refractivity contribution in [3.63, 3.8) is 0 Å². The van der Waals surface area contributed by atoms with Crippen LogP contribution in [0.1, 0.15) is 10.4 Å². The first-order valence-electron chi connectivity index (χ1n) is 4.54. The summed E-state index contributed by atoms with van der Waals surface area (Å²) in [7, 11) is 2.76. The van der Waals surface area contributed by atoms with Gasteiger partial charge < -0.3 is 14.2 Å². The summed E-state index contributed by atoms with van der Waals surface area (Å²) in [4.78, 5) is 21.6. The summed E-state index contributed by atoms with van der Waals surface area (Å²) in [6.07, 6.45) is 0.645. The Kier molecular flexibility index (Phi) is 4.32. The minimum absolute atomic E-state index is 0.246. The zero-order chi connectivity index (χ0) is 12.0. The standard InChI is InChI=1S/C11H12O5/c1-14-9-4-3-8(6-12)10(5-9)16-7-11(13)15-2/h3-6H,7H2,1-2H3. The molecule has 0 saturated carbocycles. The molecule has 0 atom stereocenters. The highest BCUT2D eigenvalue weighted by molar-refractivity contribution is 5.80. The fraction of sp³-hybridized carbons (Fsp3) is 0.273. The average Bonchev–Trinajstić information content (AvgIpc) is 2.35. The van der Waals surface area contributed by atoms with Crippen molar-refractivity contribution in [1.82, 2.24) is 0 Å². The van der Waals surface area contributed by atoms with Gasteiger partial charge in [-0.1, -0.05) is 0 Å². The summed E-state index contributed by atoms with van der Waals surface area (Å²) in [5.74, 6) is 0.324. The lowest BCUT2D eigenvalue weighted by molar-refractivity contribution is -0.142. The fourth-order valence-corrected chi connectivity index (χ4v) is 1.06. The molecule has 5 heteroatoms. The highest BCUT2D eigenvalue weighted by atomic mass is 16.6. The Bertz CT molecular complexity index is 386. The van der Waals surface area contributed by atoms with Crippen molar-refractivity contribution in [3.05, 3.63) is 23.8 Å². The van der Waals surface area contributed by atoms with Crippen LogP contribution in [0.15, 0.2) is 18.2 Å². The second-order valence-corrected chi connectivity index (χ2v) is 2.89. The van der Waals surface area contributed by atoms with Crippen molar-refractivity contribution in [2.45, 2.75) is 0 Å². The van der Waals surface area contributed by atoms with Gasteiger partial charge in [-0.3, -0.25) is 4.79 Å². The number of aldehydes is 1. The third-order valence-corrected chi connectivity index (χ3v) is 1.92. The molecule has 0 spiro atoms. The van der Waals surface area contributed by atoms with Crippen LogP contribution in [0.5, 0.6) is 11.5 Å². The van der Waals surface area contributed by atoms with E-state index in [4.69, 9.17) is 9.47 Å². The van der Waals surface area contributed by atoms with Crippen LogP contribution in [-0.2, 0) is 9.53 Å². The molecule has 0 heterocycles. The molecule has 86 valence electrons. The van der Waals surface area contributed by atoms with Crippen molar-refractivity contribution in [1.29, 1.82) is 0 Å². The molecule has 1 aromatic rings. The number of esters is 1. The van der Waals surface area contributed by atoms with Gasteiger partial charge in [-0.2, -0.15) is 0 Å². The number of rotatable bonds is 5. The van der Waals surface area contributed by atoms with Crippen LogP contribution < -0.4 is 9.47 Å². The highest BCUT2D eigenvalue weighted by Crippen LogP contribution is 2.23. The fourth-order valence-electron chi connectivity index (χ4n) is 1.06. The van der Waals surface area contributed by atoms with E-state index in [1.807, 2.05) is 0 Å². The van der Waals surface area contributed by atoms with Crippen molar-refractivity contribution >= 4 is 12.3 Å². The van der Waals surface area contributed by atoms with E-state index in [1.165, 1.54) is 20.3 Å². The lowest BCUT2D eigenvalue weighted by Gasteiger charge is -2.08. The minimum atomic E-state index is -0.514. The van der Waals surface area contributed by atoms with Gasteiger partial charge in [0.2, 0.25) is 0 Å². The molecule has 0 aliphatic rings. The van der Waals surface area contributed by atoms with Gasteiger partial charge in [0, 0.05) is 6.07 Å². The number of ether oxygens (including phenoxy) is 3. The van der Waals surface area contributed by atoms with Crippen LogP contribution in [-0.4, -0.2) is 33.1 Å². The molecule has 0 aromatic heterocycles. The summed E-state index contributed by atoms with van der Waals surface area (Å²) >= 11 is 0. The van der Waals surface area contributed by atoms with Gasteiger partial charge in [0.05, 0.1) is 19.8 Å². The SMILES string of the molecule is COC(=O)COc1cc(OC)ccc1C=O. The first-order valence-corrected chi connectivity index (χ1v) is 4.54. The monoisotopic (exact) mass is 224 g/mol. The minimum Gasteiger partial charge on any atom is -0.497 e. The number of hydrogen-bond donors (Lipinski definition) is 0. The van der Waals surface area contributed by atoms with Crippen molar-refractivity contribution in [2.75, 3.05) is 20.8 Å². The van der Waals surface area contributed by atoms with E-state index in [2.05, 4.69) is 4.74 Å². The van der Waals surface area contributed by atoms with E-state index in [-0.39, 0.29) is 6.61 Å². The third kappa shape index (κ3) is 2.98. The summed E-state index contributed by atoms with van der Waals surface area (Å²) in [5.41, 5.74) is 0.352. The van der Waals surface area contributed by atoms with Crippen molar-refractivity contribution in [3.8, 4) is 11.5 Å². The van der Waals surface area contributed by atoms with E-state index in [0.29, 0.717) is 23.3 Å². The number of carbonyl (C=O) groups excluding carboxylic acids is 2. The number of methoxy groups -OCH3 is 2. The molecule has 0 aliphatic carbocycles. The second kappa shape index (κ2) is 5.75. The molecule has 0 radical (unpaired) electrons. The summed E-state index contributed by atoms with van der Waals surface area (Å²) < 4.78 is 14.5. The Morgan fingerprint density at radius 3 is 2.69 bits per heavy atom. The first kappa shape index (κ1) is 12.0. The summed E-state index contributed by atoms with van der Waals surface area (Å²) in [5, 5.41) is 0. The Hall–Kier alpha value is -2.04. The molecular formula is C11H12O5. The molecule has 1 rings (SSSR count). The van der Waals surface area contributed by atoms with E-state index in [1.54, 1.807) is 12.1 Å². The lowest BCUT2D eigenvalue weighted by atomic mass is 10.2. The van der Waals surface area contributed by atoms with E-state index in [0.717, 1.165) is 0 Å². The highest BCUT2D eigenvalue weighted by Gasteiger charge is 2.07. The topological polar surface area (TPSA) is 61.8 Å². The number of benzene rings is 1. The zero-order valence-electron chi connectivity index (χ0n) is 9.06. The summed E-state index contributed by atoms with van der Waals surface area (Å²) in [6, 6.07) is 4.72. The van der Waals surface area contributed by atoms with Crippen LogP contribution in [0.25, 0.3) is 0 Å². The van der Waals surface area contributed by atoms with Gasteiger partial charge in [0.25, 0.3) is 0 Å². The number of carbonyl (C=O) groups is 2. The van der Waals surface area contributed by atoms with Crippen LogP contribution in [0.4, 0.5) is 0 Å².